The molecule has 0 atom stereocenters. The van der Waals surface area contributed by atoms with Crippen molar-refractivity contribution < 1.29 is 22.6 Å². The maximum Gasteiger partial charge on any atom is 0.329 e. The Morgan fingerprint density at radius 2 is 1.82 bits per heavy atom. The summed E-state index contributed by atoms with van der Waals surface area (Å²) in [5.41, 5.74) is 0. The van der Waals surface area contributed by atoms with Crippen LogP contribution >= 0.6 is 0 Å². The van der Waals surface area contributed by atoms with Gasteiger partial charge in [0.1, 0.15) is 0 Å². The van der Waals surface area contributed by atoms with E-state index < -0.39 is 24.4 Å². The fourth-order valence-electron chi connectivity index (χ4n) is 0.589. The van der Waals surface area contributed by atoms with E-state index in [0.29, 0.717) is 0 Å². The summed E-state index contributed by atoms with van der Waals surface area (Å²) in [5.74, 6) is -0.406. The molecular formula is C4H12O5SSi. The van der Waals surface area contributed by atoms with E-state index in [2.05, 4.69) is 0 Å². The van der Waals surface area contributed by atoms with Crippen LogP contribution in [0.5, 0.6) is 0 Å². The van der Waals surface area contributed by atoms with Crippen molar-refractivity contribution >= 4 is 18.7 Å². The first-order chi connectivity index (χ1) is 4.71. The molecular weight excluding hydrogens is 188 g/mol. The molecule has 0 fully saturated rings. The summed E-state index contributed by atoms with van der Waals surface area (Å²) in [4.78, 5) is 17.7. The van der Waals surface area contributed by atoms with Crippen LogP contribution in [0.1, 0.15) is 6.42 Å². The lowest BCUT2D eigenvalue weighted by Crippen LogP contribution is -2.30. The van der Waals surface area contributed by atoms with Crippen molar-refractivity contribution in [3.8, 4) is 0 Å². The Hall–Kier alpha value is 0.0469. The standard InChI is InChI=1S/C4H12O5SSi/c1-11(8,9)4-2-3-10(5,6)7/h8-9H,2-4H2,1H3,(H,5,6,7). The van der Waals surface area contributed by atoms with Crippen molar-refractivity contribution in [3.63, 3.8) is 0 Å². The van der Waals surface area contributed by atoms with Gasteiger partial charge in [-0.2, -0.15) is 8.42 Å². The molecule has 0 heterocycles. The second-order valence-electron chi connectivity index (χ2n) is 2.61. The smallest absolute Gasteiger partial charge is 0.329 e. The van der Waals surface area contributed by atoms with Gasteiger partial charge in [0.25, 0.3) is 10.1 Å². The second-order valence-corrected chi connectivity index (χ2v) is 7.11. The molecule has 0 rings (SSSR count). The average molecular weight is 200 g/mol. The Kier molecular flexibility index (Phi) is 3.65. The molecule has 3 N–H and O–H groups in total. The van der Waals surface area contributed by atoms with Crippen molar-refractivity contribution in [2.75, 3.05) is 5.75 Å². The van der Waals surface area contributed by atoms with Crippen LogP contribution in [0.2, 0.25) is 12.6 Å². The first-order valence-corrected chi connectivity index (χ1v) is 7.32. The van der Waals surface area contributed by atoms with E-state index >= 15 is 0 Å². The highest BCUT2D eigenvalue weighted by Gasteiger charge is 2.21. The summed E-state index contributed by atoms with van der Waals surface area (Å²) >= 11 is 0. The zero-order valence-corrected chi connectivity index (χ0v) is 8.00. The van der Waals surface area contributed by atoms with Crippen LogP contribution in [0.3, 0.4) is 0 Å². The van der Waals surface area contributed by atoms with Gasteiger partial charge in [-0.3, -0.25) is 4.55 Å². The lowest BCUT2D eigenvalue weighted by molar-refractivity contribution is 0.368. The van der Waals surface area contributed by atoms with Gasteiger partial charge in [0, 0.05) is 0 Å². The SMILES string of the molecule is C[Si](O)(O)CCCS(=O)(=O)O. The molecule has 0 aliphatic rings. The fourth-order valence-corrected chi connectivity index (χ4v) is 2.20. The highest BCUT2D eigenvalue weighted by atomic mass is 32.2. The molecule has 0 bridgehead atoms. The van der Waals surface area contributed by atoms with Crippen molar-refractivity contribution in [2.24, 2.45) is 0 Å². The van der Waals surface area contributed by atoms with Crippen molar-refractivity contribution in [3.05, 3.63) is 0 Å². The Balaban J connectivity index is 3.61. The molecule has 0 saturated heterocycles. The monoisotopic (exact) mass is 200 g/mol. The summed E-state index contributed by atoms with van der Waals surface area (Å²) in [6, 6.07) is 0.0623. The van der Waals surface area contributed by atoms with Crippen molar-refractivity contribution in [1.82, 2.24) is 0 Å². The third kappa shape index (κ3) is 10.0. The molecule has 0 saturated carbocycles. The normalized spacial score (nSPS) is 13.5. The largest absolute Gasteiger partial charge is 0.411 e. The summed E-state index contributed by atoms with van der Waals surface area (Å²) in [6.45, 7) is 1.29. The zero-order chi connectivity index (χ0) is 9.12. The molecule has 0 unspecified atom stereocenters. The van der Waals surface area contributed by atoms with Gasteiger partial charge in [-0.25, -0.2) is 0 Å². The molecule has 0 spiro atoms. The van der Waals surface area contributed by atoms with Gasteiger partial charge in [0.05, 0.1) is 5.75 Å². The molecule has 7 heteroatoms. The Morgan fingerprint density at radius 1 is 1.36 bits per heavy atom. The van der Waals surface area contributed by atoms with Crippen LogP contribution in [-0.2, 0) is 10.1 Å². The van der Waals surface area contributed by atoms with Crippen LogP contribution < -0.4 is 0 Å². The van der Waals surface area contributed by atoms with Crippen molar-refractivity contribution in [2.45, 2.75) is 19.0 Å². The lowest BCUT2D eigenvalue weighted by Gasteiger charge is -2.09. The van der Waals surface area contributed by atoms with Crippen molar-refractivity contribution in [1.29, 1.82) is 0 Å². The van der Waals surface area contributed by atoms with Gasteiger partial charge in [-0.05, 0) is 19.0 Å². The minimum absolute atomic E-state index is 0.0623. The Bertz CT molecular complexity index is 203. The van der Waals surface area contributed by atoms with Crippen LogP contribution in [0.15, 0.2) is 0 Å². The van der Waals surface area contributed by atoms with E-state index in [1.54, 1.807) is 0 Å². The number of hydrogen-bond donors (Lipinski definition) is 3. The van der Waals surface area contributed by atoms with E-state index in [0.717, 1.165) is 0 Å². The van der Waals surface area contributed by atoms with Crippen LogP contribution in [-0.4, -0.2) is 36.9 Å². The topological polar surface area (TPSA) is 94.8 Å². The van der Waals surface area contributed by atoms with E-state index in [1.165, 1.54) is 6.55 Å². The molecule has 11 heavy (non-hydrogen) atoms. The second kappa shape index (κ2) is 3.63. The summed E-state index contributed by atoms with van der Waals surface area (Å²) in [6.07, 6.45) is 0.0918. The van der Waals surface area contributed by atoms with Gasteiger partial charge < -0.3 is 9.59 Å². The van der Waals surface area contributed by atoms with E-state index in [-0.39, 0.29) is 12.5 Å². The Labute approximate surface area is 66.7 Å². The molecule has 0 aliphatic carbocycles. The average Bonchev–Trinajstić information content (AvgIpc) is 1.55. The number of rotatable bonds is 4. The molecule has 0 radical (unpaired) electrons. The highest BCUT2D eigenvalue weighted by Crippen LogP contribution is 2.05. The molecule has 0 aliphatic heterocycles. The van der Waals surface area contributed by atoms with Crippen LogP contribution in [0.4, 0.5) is 0 Å². The maximum atomic E-state index is 10.1. The third-order valence-corrected chi connectivity index (χ3v) is 3.16. The maximum absolute atomic E-state index is 10.1. The van der Waals surface area contributed by atoms with Gasteiger partial charge in [-0.1, -0.05) is 0 Å². The third-order valence-electron chi connectivity index (χ3n) is 1.05. The quantitative estimate of drug-likeness (QED) is 0.413. The molecule has 68 valence electrons. The highest BCUT2D eigenvalue weighted by molar-refractivity contribution is 7.85. The molecule has 0 aromatic heterocycles. The van der Waals surface area contributed by atoms with Crippen LogP contribution in [0, 0.1) is 0 Å². The van der Waals surface area contributed by atoms with Gasteiger partial charge in [0.15, 0.2) is 0 Å². The minimum Gasteiger partial charge on any atom is -0.411 e. The van der Waals surface area contributed by atoms with E-state index in [9.17, 15) is 8.42 Å². The molecule has 0 aromatic carbocycles. The predicted octanol–water partition coefficient (Wildman–Crippen LogP) is -0.679. The molecule has 0 amide bonds. The van der Waals surface area contributed by atoms with E-state index in [4.69, 9.17) is 14.1 Å². The van der Waals surface area contributed by atoms with Crippen LogP contribution in [0.25, 0.3) is 0 Å². The van der Waals surface area contributed by atoms with Gasteiger partial charge in [0.2, 0.25) is 0 Å². The van der Waals surface area contributed by atoms with Gasteiger partial charge in [-0.15, -0.1) is 0 Å². The summed E-state index contributed by atoms with van der Waals surface area (Å²) < 4.78 is 28.5. The Morgan fingerprint density at radius 3 is 2.09 bits per heavy atom. The summed E-state index contributed by atoms with van der Waals surface area (Å²) in [5, 5.41) is 0. The fraction of sp³-hybridized carbons (Fsp3) is 1.00. The zero-order valence-electron chi connectivity index (χ0n) is 6.19. The lowest BCUT2D eigenvalue weighted by atomic mass is 10.6. The molecule has 5 nitrogen and oxygen atoms in total. The summed E-state index contributed by atoms with van der Waals surface area (Å²) in [7, 11) is -7.08. The first kappa shape index (κ1) is 11.0. The minimum atomic E-state index is -3.95. The van der Waals surface area contributed by atoms with E-state index in [1.807, 2.05) is 0 Å². The number of hydrogen-bond acceptors (Lipinski definition) is 4. The molecule has 0 aromatic rings. The van der Waals surface area contributed by atoms with Gasteiger partial charge >= 0.3 is 8.56 Å². The first-order valence-electron chi connectivity index (χ1n) is 3.11. The predicted molar refractivity (Wildman–Crippen MR) is 41.9 cm³/mol.